The molecule has 1 aliphatic heterocycles. The van der Waals surface area contributed by atoms with Gasteiger partial charge in [-0.25, -0.2) is 0 Å². The van der Waals surface area contributed by atoms with E-state index in [1.807, 2.05) is 0 Å². The van der Waals surface area contributed by atoms with Crippen molar-refractivity contribution in [3.8, 4) is 0 Å². The van der Waals surface area contributed by atoms with Crippen molar-refractivity contribution >= 4 is 11.9 Å². The minimum Gasteiger partial charge on any atom is -0.469 e. The molecule has 1 aliphatic rings. The second-order valence-electron chi connectivity index (χ2n) is 4.39. The number of carbonyl (C=O) groups excluding carboxylic acids is 2. The SMILES string of the molecule is COC(=O)C1CCN(C(=O)c2cnoc2C)CC1. The van der Waals surface area contributed by atoms with E-state index < -0.39 is 0 Å². The minimum absolute atomic E-state index is 0.0861. The summed E-state index contributed by atoms with van der Waals surface area (Å²) in [6.45, 7) is 2.83. The van der Waals surface area contributed by atoms with Gasteiger partial charge in [0.05, 0.1) is 19.2 Å². The second-order valence-corrected chi connectivity index (χ2v) is 4.39. The van der Waals surface area contributed by atoms with E-state index in [0.29, 0.717) is 37.3 Å². The molecule has 0 unspecified atom stereocenters. The predicted octanol–water partition coefficient (Wildman–Crippen LogP) is 1.01. The molecule has 1 aromatic heterocycles. The van der Waals surface area contributed by atoms with Crippen LogP contribution in [0, 0.1) is 12.8 Å². The summed E-state index contributed by atoms with van der Waals surface area (Å²) < 4.78 is 9.59. The molecule has 18 heavy (non-hydrogen) atoms. The number of hydrogen-bond donors (Lipinski definition) is 0. The van der Waals surface area contributed by atoms with Gasteiger partial charge < -0.3 is 14.2 Å². The largest absolute Gasteiger partial charge is 0.469 e. The van der Waals surface area contributed by atoms with Crippen LogP contribution in [-0.4, -0.2) is 42.1 Å². The van der Waals surface area contributed by atoms with Crippen molar-refractivity contribution in [2.75, 3.05) is 20.2 Å². The van der Waals surface area contributed by atoms with Crippen LogP contribution in [0.15, 0.2) is 10.7 Å². The quantitative estimate of drug-likeness (QED) is 0.734. The molecule has 0 aromatic carbocycles. The van der Waals surface area contributed by atoms with Gasteiger partial charge in [-0.05, 0) is 19.8 Å². The van der Waals surface area contributed by atoms with E-state index in [9.17, 15) is 9.59 Å². The maximum Gasteiger partial charge on any atom is 0.308 e. The predicted molar refractivity (Wildman–Crippen MR) is 61.9 cm³/mol. The van der Waals surface area contributed by atoms with Crippen LogP contribution in [0.4, 0.5) is 0 Å². The Morgan fingerprint density at radius 2 is 2.11 bits per heavy atom. The summed E-state index contributed by atoms with van der Waals surface area (Å²) in [5.41, 5.74) is 0.492. The van der Waals surface area contributed by atoms with E-state index in [4.69, 9.17) is 9.26 Å². The smallest absolute Gasteiger partial charge is 0.308 e. The highest BCUT2D eigenvalue weighted by atomic mass is 16.5. The number of carbonyl (C=O) groups is 2. The lowest BCUT2D eigenvalue weighted by molar-refractivity contribution is -0.146. The molecule has 1 amide bonds. The molecule has 2 rings (SSSR count). The van der Waals surface area contributed by atoms with E-state index in [1.54, 1.807) is 11.8 Å². The molecular weight excluding hydrogens is 236 g/mol. The van der Waals surface area contributed by atoms with Crippen LogP contribution in [0.1, 0.15) is 29.0 Å². The van der Waals surface area contributed by atoms with Crippen molar-refractivity contribution in [1.82, 2.24) is 10.1 Å². The van der Waals surface area contributed by atoms with E-state index in [1.165, 1.54) is 13.3 Å². The number of hydrogen-bond acceptors (Lipinski definition) is 5. The molecule has 2 heterocycles. The molecule has 0 N–H and O–H groups in total. The summed E-state index contributed by atoms with van der Waals surface area (Å²) >= 11 is 0. The van der Waals surface area contributed by atoms with Crippen molar-refractivity contribution in [2.45, 2.75) is 19.8 Å². The molecule has 0 spiro atoms. The summed E-state index contributed by atoms with van der Waals surface area (Å²) in [6, 6.07) is 0. The van der Waals surface area contributed by atoms with E-state index in [2.05, 4.69) is 5.16 Å². The van der Waals surface area contributed by atoms with Crippen molar-refractivity contribution in [1.29, 1.82) is 0 Å². The fourth-order valence-electron chi connectivity index (χ4n) is 2.16. The van der Waals surface area contributed by atoms with Gasteiger partial charge in [0, 0.05) is 13.1 Å². The maximum absolute atomic E-state index is 12.1. The Morgan fingerprint density at radius 3 is 2.61 bits per heavy atom. The standard InChI is InChI=1S/C12H16N2O4/c1-8-10(7-13-18-8)11(15)14-5-3-9(4-6-14)12(16)17-2/h7,9H,3-6H2,1-2H3. The lowest BCUT2D eigenvalue weighted by Gasteiger charge is -2.30. The van der Waals surface area contributed by atoms with Crippen LogP contribution in [0.5, 0.6) is 0 Å². The molecule has 6 heteroatoms. The molecule has 6 nitrogen and oxygen atoms in total. The van der Waals surface area contributed by atoms with Gasteiger partial charge in [0.2, 0.25) is 0 Å². The molecule has 1 fully saturated rings. The Labute approximate surface area is 105 Å². The van der Waals surface area contributed by atoms with Crippen molar-refractivity contribution < 1.29 is 18.8 Å². The molecule has 0 radical (unpaired) electrons. The first-order chi connectivity index (χ1) is 8.63. The van der Waals surface area contributed by atoms with Gasteiger partial charge in [-0.3, -0.25) is 9.59 Å². The lowest BCUT2D eigenvalue weighted by atomic mass is 9.96. The normalized spacial score (nSPS) is 16.7. The third kappa shape index (κ3) is 2.37. The zero-order valence-corrected chi connectivity index (χ0v) is 10.5. The Morgan fingerprint density at radius 1 is 1.44 bits per heavy atom. The van der Waals surface area contributed by atoms with Gasteiger partial charge in [0.15, 0.2) is 0 Å². The number of nitrogens with zero attached hydrogens (tertiary/aromatic N) is 2. The summed E-state index contributed by atoms with van der Waals surface area (Å²) in [6.07, 6.45) is 2.72. The number of aromatic nitrogens is 1. The summed E-state index contributed by atoms with van der Waals surface area (Å²) in [7, 11) is 1.39. The molecule has 1 aromatic rings. The summed E-state index contributed by atoms with van der Waals surface area (Å²) in [4.78, 5) is 25.2. The monoisotopic (exact) mass is 252 g/mol. The first-order valence-corrected chi connectivity index (χ1v) is 5.92. The first-order valence-electron chi connectivity index (χ1n) is 5.92. The molecule has 0 aliphatic carbocycles. The Kier molecular flexibility index (Phi) is 3.64. The molecule has 0 saturated carbocycles. The Bertz CT molecular complexity index is 447. The van der Waals surface area contributed by atoms with Crippen LogP contribution in [0.2, 0.25) is 0 Å². The van der Waals surface area contributed by atoms with Gasteiger partial charge in [-0.2, -0.15) is 0 Å². The van der Waals surface area contributed by atoms with Gasteiger partial charge in [0.1, 0.15) is 11.3 Å². The summed E-state index contributed by atoms with van der Waals surface area (Å²) in [5.74, 6) is 0.151. The van der Waals surface area contributed by atoms with Gasteiger partial charge >= 0.3 is 5.97 Å². The van der Waals surface area contributed by atoms with Crippen LogP contribution < -0.4 is 0 Å². The van der Waals surface area contributed by atoms with Gasteiger partial charge in [-0.1, -0.05) is 5.16 Å². The highest BCUT2D eigenvalue weighted by molar-refractivity contribution is 5.94. The average Bonchev–Trinajstić information content (AvgIpc) is 2.83. The first kappa shape index (κ1) is 12.6. The highest BCUT2D eigenvalue weighted by Gasteiger charge is 2.29. The van der Waals surface area contributed by atoms with E-state index >= 15 is 0 Å². The summed E-state index contributed by atoms with van der Waals surface area (Å²) in [5, 5.41) is 3.60. The topological polar surface area (TPSA) is 72.6 Å². The molecule has 0 atom stereocenters. The molecule has 1 saturated heterocycles. The highest BCUT2D eigenvalue weighted by Crippen LogP contribution is 2.20. The third-order valence-electron chi connectivity index (χ3n) is 3.30. The van der Waals surface area contributed by atoms with Gasteiger partial charge in [-0.15, -0.1) is 0 Å². The number of ether oxygens (including phenoxy) is 1. The number of piperidine rings is 1. The fraction of sp³-hybridized carbons (Fsp3) is 0.583. The number of rotatable bonds is 2. The minimum atomic E-state index is -0.191. The number of aryl methyl sites for hydroxylation is 1. The number of likely N-dealkylation sites (tertiary alicyclic amines) is 1. The van der Waals surface area contributed by atoms with Crippen molar-refractivity contribution in [2.24, 2.45) is 5.92 Å². The zero-order chi connectivity index (χ0) is 13.1. The molecule has 98 valence electrons. The van der Waals surface area contributed by atoms with Crippen LogP contribution in [0.25, 0.3) is 0 Å². The number of methoxy groups -OCH3 is 1. The third-order valence-corrected chi connectivity index (χ3v) is 3.30. The second kappa shape index (κ2) is 5.20. The Hall–Kier alpha value is -1.85. The number of amides is 1. The van der Waals surface area contributed by atoms with Gasteiger partial charge in [0.25, 0.3) is 5.91 Å². The van der Waals surface area contributed by atoms with Crippen LogP contribution in [0.3, 0.4) is 0 Å². The van der Waals surface area contributed by atoms with E-state index in [-0.39, 0.29) is 17.8 Å². The maximum atomic E-state index is 12.1. The van der Waals surface area contributed by atoms with E-state index in [0.717, 1.165) is 0 Å². The molecule has 0 bridgehead atoms. The van der Waals surface area contributed by atoms with Crippen molar-refractivity contribution in [3.05, 3.63) is 17.5 Å². The lowest BCUT2D eigenvalue weighted by Crippen LogP contribution is -2.40. The fourth-order valence-corrected chi connectivity index (χ4v) is 2.16. The zero-order valence-electron chi connectivity index (χ0n) is 10.5. The average molecular weight is 252 g/mol. The van der Waals surface area contributed by atoms with Crippen LogP contribution >= 0.6 is 0 Å². The number of esters is 1. The molecular formula is C12H16N2O4. The Balaban J connectivity index is 1.96. The van der Waals surface area contributed by atoms with Crippen molar-refractivity contribution in [3.63, 3.8) is 0 Å². The van der Waals surface area contributed by atoms with Crippen LogP contribution in [-0.2, 0) is 9.53 Å².